The van der Waals surface area contributed by atoms with Gasteiger partial charge in [-0.05, 0) is 42.5 Å². The van der Waals surface area contributed by atoms with E-state index in [1.54, 1.807) is 6.26 Å². The van der Waals surface area contributed by atoms with Gasteiger partial charge in [0, 0.05) is 0 Å². The fourth-order valence-electron chi connectivity index (χ4n) is 3.72. The van der Waals surface area contributed by atoms with Crippen molar-refractivity contribution in [2.45, 2.75) is 25.8 Å². The molecule has 1 aliphatic carbocycles. The monoisotopic (exact) mass is 365 g/mol. The first-order chi connectivity index (χ1) is 13.2. The number of ether oxygens (including phenoxy) is 1. The molecule has 4 heterocycles. The van der Waals surface area contributed by atoms with Crippen LogP contribution in [-0.2, 0) is 28.9 Å². The average Bonchev–Trinajstić information content (AvgIpc) is 3.41. The maximum atomic E-state index is 12.7. The normalized spacial score (nSPS) is 13.4. The van der Waals surface area contributed by atoms with E-state index in [0.717, 1.165) is 41.5 Å². The lowest BCUT2D eigenvalue weighted by atomic mass is 10.0. The quantitative estimate of drug-likeness (QED) is 0.514. The van der Waals surface area contributed by atoms with Crippen LogP contribution >= 0.6 is 0 Å². The molecular weight excluding hydrogens is 350 g/mol. The van der Waals surface area contributed by atoms with Gasteiger partial charge in [-0.1, -0.05) is 0 Å². The molecule has 0 N–H and O–H groups in total. The molecule has 0 fully saturated rings. The molecule has 0 aliphatic heterocycles. The van der Waals surface area contributed by atoms with Crippen molar-refractivity contribution < 1.29 is 18.4 Å². The zero-order valence-electron chi connectivity index (χ0n) is 14.5. The second-order valence-corrected chi connectivity index (χ2v) is 6.46. The molecule has 8 nitrogen and oxygen atoms in total. The molecule has 0 unspecified atom stereocenters. The molecule has 0 saturated carbocycles. The Morgan fingerprint density at radius 1 is 1.33 bits per heavy atom. The first-order valence-corrected chi connectivity index (χ1v) is 8.61. The molecule has 4 aromatic rings. The first kappa shape index (κ1) is 15.8. The summed E-state index contributed by atoms with van der Waals surface area (Å²) in [5.74, 6) is 0.139. The number of pyridine rings is 1. The Kier molecular flexibility index (Phi) is 3.40. The second kappa shape index (κ2) is 5.80. The molecule has 27 heavy (non-hydrogen) atoms. The minimum absolute atomic E-state index is 0.0922. The summed E-state index contributed by atoms with van der Waals surface area (Å²) in [6, 6.07) is 3.67. The number of hydrogen-bond donors (Lipinski definition) is 0. The van der Waals surface area contributed by atoms with Crippen LogP contribution in [0.1, 0.15) is 17.5 Å². The molecular formula is C19H15N3O5. The standard InChI is InChI=1S/C19H15N3O5/c1-25-13(23)8-22-9-20-16-14-10-4-2-5-11(10)15(12-6-3-7-26-12)21-18(14)27-17(16)19(22)24/h3,6-7,9H,2,4-5,8H2,1H3. The molecule has 4 aromatic heterocycles. The summed E-state index contributed by atoms with van der Waals surface area (Å²) in [6.07, 6.45) is 5.70. The van der Waals surface area contributed by atoms with Crippen LogP contribution in [0.2, 0.25) is 0 Å². The number of nitrogens with zero attached hydrogens (tertiary/aromatic N) is 3. The third-order valence-corrected chi connectivity index (χ3v) is 4.95. The third kappa shape index (κ3) is 2.29. The van der Waals surface area contributed by atoms with E-state index in [1.165, 1.54) is 18.0 Å². The van der Waals surface area contributed by atoms with Gasteiger partial charge in [0.25, 0.3) is 5.56 Å². The number of carbonyl (C=O) groups is 1. The summed E-state index contributed by atoms with van der Waals surface area (Å²) in [7, 11) is 1.27. The van der Waals surface area contributed by atoms with Crippen LogP contribution in [0.25, 0.3) is 33.7 Å². The molecule has 0 radical (unpaired) electrons. The highest BCUT2D eigenvalue weighted by Gasteiger charge is 2.27. The lowest BCUT2D eigenvalue weighted by molar-refractivity contribution is -0.141. The van der Waals surface area contributed by atoms with Crippen molar-refractivity contribution in [3.8, 4) is 11.5 Å². The van der Waals surface area contributed by atoms with Crippen molar-refractivity contribution in [3.05, 3.63) is 46.2 Å². The van der Waals surface area contributed by atoms with E-state index < -0.39 is 11.5 Å². The van der Waals surface area contributed by atoms with Gasteiger partial charge in [0.15, 0.2) is 5.76 Å². The summed E-state index contributed by atoms with van der Waals surface area (Å²) >= 11 is 0. The topological polar surface area (TPSA) is 100 Å². The highest BCUT2D eigenvalue weighted by atomic mass is 16.5. The largest absolute Gasteiger partial charge is 0.468 e. The van der Waals surface area contributed by atoms with Crippen molar-refractivity contribution in [1.82, 2.24) is 14.5 Å². The second-order valence-electron chi connectivity index (χ2n) is 6.46. The average molecular weight is 365 g/mol. The van der Waals surface area contributed by atoms with E-state index >= 15 is 0 Å². The number of aromatic nitrogens is 3. The van der Waals surface area contributed by atoms with Gasteiger partial charge in [-0.25, -0.2) is 9.97 Å². The molecule has 0 spiro atoms. The number of methoxy groups -OCH3 is 1. The lowest BCUT2D eigenvalue weighted by Gasteiger charge is -2.06. The molecule has 8 heteroatoms. The maximum absolute atomic E-state index is 12.7. The molecule has 136 valence electrons. The van der Waals surface area contributed by atoms with Gasteiger partial charge in [-0.15, -0.1) is 0 Å². The van der Waals surface area contributed by atoms with Crippen LogP contribution in [0.4, 0.5) is 0 Å². The Balaban J connectivity index is 1.79. The number of fused-ring (bicyclic) bond motifs is 5. The van der Waals surface area contributed by atoms with Gasteiger partial charge >= 0.3 is 5.97 Å². The summed E-state index contributed by atoms with van der Waals surface area (Å²) in [6.45, 7) is -0.224. The smallest absolute Gasteiger partial charge is 0.325 e. The number of aryl methyl sites for hydroxylation is 1. The molecule has 0 atom stereocenters. The Morgan fingerprint density at radius 3 is 2.96 bits per heavy atom. The van der Waals surface area contributed by atoms with E-state index in [0.29, 0.717) is 17.0 Å². The molecule has 5 rings (SSSR count). The summed E-state index contributed by atoms with van der Waals surface area (Å²) in [5.41, 5.74) is 3.45. The number of carbonyl (C=O) groups excluding carboxylic acids is 1. The maximum Gasteiger partial charge on any atom is 0.325 e. The van der Waals surface area contributed by atoms with E-state index in [-0.39, 0.29) is 12.1 Å². The van der Waals surface area contributed by atoms with Crippen LogP contribution in [0, 0.1) is 0 Å². The Hall–Kier alpha value is -3.42. The van der Waals surface area contributed by atoms with Gasteiger partial charge in [0.05, 0.1) is 25.1 Å². The first-order valence-electron chi connectivity index (χ1n) is 8.61. The number of rotatable bonds is 3. The van der Waals surface area contributed by atoms with Gasteiger partial charge < -0.3 is 13.6 Å². The van der Waals surface area contributed by atoms with Crippen molar-refractivity contribution in [1.29, 1.82) is 0 Å². The minimum atomic E-state index is -0.534. The summed E-state index contributed by atoms with van der Waals surface area (Å²) in [5, 5.41) is 0.773. The number of furan rings is 2. The highest BCUT2D eigenvalue weighted by molar-refractivity contribution is 6.04. The molecule has 0 aromatic carbocycles. The van der Waals surface area contributed by atoms with Crippen molar-refractivity contribution in [3.63, 3.8) is 0 Å². The molecule has 0 amide bonds. The van der Waals surface area contributed by atoms with E-state index in [2.05, 4.69) is 14.7 Å². The Bertz CT molecular complexity index is 1250. The minimum Gasteiger partial charge on any atom is -0.468 e. The predicted molar refractivity (Wildman–Crippen MR) is 95.3 cm³/mol. The van der Waals surface area contributed by atoms with Crippen LogP contribution in [0.5, 0.6) is 0 Å². The highest BCUT2D eigenvalue weighted by Crippen LogP contribution is 2.39. The van der Waals surface area contributed by atoms with E-state index in [9.17, 15) is 9.59 Å². The fraction of sp³-hybridized carbons (Fsp3) is 0.263. The zero-order chi connectivity index (χ0) is 18.5. The van der Waals surface area contributed by atoms with Gasteiger partial charge in [0.1, 0.15) is 17.8 Å². The van der Waals surface area contributed by atoms with Gasteiger partial charge in [-0.2, -0.15) is 0 Å². The molecule has 1 aliphatic rings. The Morgan fingerprint density at radius 2 is 2.19 bits per heavy atom. The van der Waals surface area contributed by atoms with Gasteiger partial charge in [0.2, 0.25) is 11.3 Å². The predicted octanol–water partition coefficient (Wildman–Crippen LogP) is 2.46. The van der Waals surface area contributed by atoms with Crippen LogP contribution in [-0.4, -0.2) is 27.6 Å². The molecule has 0 saturated heterocycles. The van der Waals surface area contributed by atoms with E-state index in [4.69, 9.17) is 8.83 Å². The van der Waals surface area contributed by atoms with Gasteiger partial charge in [-0.3, -0.25) is 14.2 Å². The Labute approximate surface area is 152 Å². The van der Waals surface area contributed by atoms with E-state index in [1.807, 2.05) is 12.1 Å². The third-order valence-electron chi connectivity index (χ3n) is 4.95. The van der Waals surface area contributed by atoms with Crippen LogP contribution in [0.3, 0.4) is 0 Å². The zero-order valence-corrected chi connectivity index (χ0v) is 14.5. The van der Waals surface area contributed by atoms with Crippen molar-refractivity contribution in [2.24, 2.45) is 0 Å². The lowest BCUT2D eigenvalue weighted by Crippen LogP contribution is -2.24. The molecule has 0 bridgehead atoms. The van der Waals surface area contributed by atoms with Crippen molar-refractivity contribution >= 4 is 28.2 Å². The van der Waals surface area contributed by atoms with Crippen LogP contribution < -0.4 is 5.56 Å². The number of esters is 1. The fourth-order valence-corrected chi connectivity index (χ4v) is 3.72. The summed E-state index contributed by atoms with van der Waals surface area (Å²) in [4.78, 5) is 33.3. The summed E-state index contributed by atoms with van der Waals surface area (Å²) < 4.78 is 17.1. The SMILES string of the molecule is COC(=O)Cn1cnc2c(oc3nc(-c4ccco4)c4c(c32)CCC4)c1=O. The van der Waals surface area contributed by atoms with Crippen LogP contribution in [0.15, 0.2) is 38.4 Å². The van der Waals surface area contributed by atoms with Crippen molar-refractivity contribution in [2.75, 3.05) is 7.11 Å². The number of hydrogen-bond acceptors (Lipinski definition) is 7.